The second-order valence-corrected chi connectivity index (χ2v) is 4.84. The molecular formula is C15H24N2O2. The van der Waals surface area contributed by atoms with Crippen LogP contribution in [0.15, 0.2) is 24.3 Å². The molecule has 0 aliphatic rings. The standard InChI is InChI=1S/C15H24N2O2/c1-5-12(10-16-4)15(18)17-13-6-8-14(9-7-13)19-11(2)3/h6-9,11-12,16H,5,10H2,1-4H3,(H,17,18). The molecule has 1 amide bonds. The van der Waals surface area contributed by atoms with Crippen LogP contribution in [-0.4, -0.2) is 25.6 Å². The smallest absolute Gasteiger partial charge is 0.228 e. The Morgan fingerprint density at radius 1 is 1.26 bits per heavy atom. The van der Waals surface area contributed by atoms with Crippen LogP contribution in [-0.2, 0) is 4.79 Å². The van der Waals surface area contributed by atoms with Crippen molar-refractivity contribution in [2.75, 3.05) is 18.9 Å². The third kappa shape index (κ3) is 5.30. The van der Waals surface area contributed by atoms with Crippen molar-refractivity contribution in [2.24, 2.45) is 5.92 Å². The van der Waals surface area contributed by atoms with Gasteiger partial charge in [0.2, 0.25) is 5.91 Å². The van der Waals surface area contributed by atoms with Gasteiger partial charge in [0.15, 0.2) is 0 Å². The molecular weight excluding hydrogens is 240 g/mol. The Balaban J connectivity index is 2.59. The van der Waals surface area contributed by atoms with Crippen molar-refractivity contribution >= 4 is 11.6 Å². The number of carbonyl (C=O) groups is 1. The lowest BCUT2D eigenvalue weighted by Gasteiger charge is -2.15. The number of rotatable bonds is 7. The third-order valence-corrected chi connectivity index (χ3v) is 2.81. The first-order chi connectivity index (χ1) is 9.06. The van der Waals surface area contributed by atoms with Crippen LogP contribution >= 0.6 is 0 Å². The van der Waals surface area contributed by atoms with Crippen LogP contribution in [0.5, 0.6) is 5.75 Å². The summed E-state index contributed by atoms with van der Waals surface area (Å²) in [6.07, 6.45) is 0.974. The second kappa shape index (κ2) is 7.79. The SMILES string of the molecule is CCC(CNC)C(=O)Nc1ccc(OC(C)C)cc1. The summed E-state index contributed by atoms with van der Waals surface area (Å²) in [7, 11) is 1.86. The first-order valence-electron chi connectivity index (χ1n) is 6.79. The van der Waals surface area contributed by atoms with E-state index in [1.165, 1.54) is 0 Å². The molecule has 1 unspecified atom stereocenters. The number of nitrogens with one attached hydrogen (secondary N) is 2. The van der Waals surface area contributed by atoms with Gasteiger partial charge in [0.05, 0.1) is 12.0 Å². The highest BCUT2D eigenvalue weighted by Crippen LogP contribution is 2.17. The lowest BCUT2D eigenvalue weighted by atomic mass is 10.1. The van der Waals surface area contributed by atoms with E-state index < -0.39 is 0 Å². The maximum atomic E-state index is 12.0. The maximum absolute atomic E-state index is 12.0. The zero-order valence-corrected chi connectivity index (χ0v) is 12.2. The first-order valence-corrected chi connectivity index (χ1v) is 6.79. The van der Waals surface area contributed by atoms with E-state index in [1.54, 1.807) is 0 Å². The summed E-state index contributed by atoms with van der Waals surface area (Å²) in [6.45, 7) is 6.68. The number of hydrogen-bond acceptors (Lipinski definition) is 3. The Morgan fingerprint density at radius 3 is 2.37 bits per heavy atom. The van der Waals surface area contributed by atoms with Crippen molar-refractivity contribution in [1.82, 2.24) is 5.32 Å². The van der Waals surface area contributed by atoms with Crippen molar-refractivity contribution < 1.29 is 9.53 Å². The summed E-state index contributed by atoms with van der Waals surface area (Å²) in [5.41, 5.74) is 0.802. The largest absolute Gasteiger partial charge is 0.491 e. The first kappa shape index (κ1) is 15.5. The minimum atomic E-state index is -0.00316. The molecule has 0 saturated heterocycles. The molecule has 1 aromatic carbocycles. The summed E-state index contributed by atoms with van der Waals surface area (Å²) in [4.78, 5) is 12.0. The molecule has 0 heterocycles. The lowest BCUT2D eigenvalue weighted by Crippen LogP contribution is -2.30. The Labute approximate surface area is 115 Å². The fourth-order valence-corrected chi connectivity index (χ4v) is 1.80. The summed E-state index contributed by atoms with van der Waals surface area (Å²) in [5, 5.41) is 5.96. The topological polar surface area (TPSA) is 50.4 Å². The molecule has 0 aliphatic carbocycles. The molecule has 0 aliphatic heterocycles. The van der Waals surface area contributed by atoms with Gasteiger partial charge < -0.3 is 15.4 Å². The minimum Gasteiger partial charge on any atom is -0.491 e. The fraction of sp³-hybridized carbons (Fsp3) is 0.533. The van der Waals surface area contributed by atoms with Gasteiger partial charge in [-0.1, -0.05) is 6.92 Å². The van der Waals surface area contributed by atoms with Gasteiger partial charge in [-0.15, -0.1) is 0 Å². The molecule has 0 spiro atoms. The predicted octanol–water partition coefficient (Wildman–Crippen LogP) is 2.66. The normalized spacial score (nSPS) is 12.3. The van der Waals surface area contributed by atoms with Crippen LogP contribution in [0.2, 0.25) is 0 Å². The fourth-order valence-electron chi connectivity index (χ4n) is 1.80. The number of amides is 1. The van der Waals surface area contributed by atoms with Crippen LogP contribution in [0.1, 0.15) is 27.2 Å². The molecule has 0 radical (unpaired) electrons. The van der Waals surface area contributed by atoms with Gasteiger partial charge in [0, 0.05) is 12.2 Å². The predicted molar refractivity (Wildman–Crippen MR) is 78.5 cm³/mol. The number of anilines is 1. The van der Waals surface area contributed by atoms with E-state index in [-0.39, 0.29) is 17.9 Å². The third-order valence-electron chi connectivity index (χ3n) is 2.81. The molecule has 0 bridgehead atoms. The highest BCUT2D eigenvalue weighted by molar-refractivity contribution is 5.92. The Hall–Kier alpha value is -1.55. The van der Waals surface area contributed by atoms with Gasteiger partial charge >= 0.3 is 0 Å². The maximum Gasteiger partial charge on any atom is 0.228 e. The molecule has 1 rings (SSSR count). The van der Waals surface area contributed by atoms with E-state index in [9.17, 15) is 4.79 Å². The Bertz CT molecular complexity index is 388. The zero-order chi connectivity index (χ0) is 14.3. The Kier molecular flexibility index (Phi) is 6.36. The average Bonchev–Trinajstić information content (AvgIpc) is 2.37. The van der Waals surface area contributed by atoms with Crippen molar-refractivity contribution in [1.29, 1.82) is 0 Å². The summed E-state index contributed by atoms with van der Waals surface area (Å²) in [5.74, 6) is 0.862. The van der Waals surface area contributed by atoms with Crippen molar-refractivity contribution in [3.63, 3.8) is 0 Å². The van der Waals surface area contributed by atoms with E-state index in [0.717, 1.165) is 17.9 Å². The quantitative estimate of drug-likeness (QED) is 0.796. The van der Waals surface area contributed by atoms with Crippen LogP contribution < -0.4 is 15.4 Å². The molecule has 1 atom stereocenters. The molecule has 4 nitrogen and oxygen atoms in total. The molecule has 2 N–H and O–H groups in total. The van der Waals surface area contributed by atoms with Crippen molar-refractivity contribution in [3.8, 4) is 5.75 Å². The minimum absolute atomic E-state index is 0.00316. The van der Waals surface area contributed by atoms with Crippen molar-refractivity contribution in [2.45, 2.75) is 33.3 Å². The number of ether oxygens (including phenoxy) is 1. The number of carbonyl (C=O) groups excluding carboxylic acids is 1. The van der Waals surface area contributed by atoms with Gasteiger partial charge in [-0.3, -0.25) is 4.79 Å². The van der Waals surface area contributed by atoms with E-state index >= 15 is 0 Å². The average molecular weight is 264 g/mol. The van der Waals surface area contributed by atoms with E-state index in [4.69, 9.17) is 4.74 Å². The molecule has 106 valence electrons. The van der Waals surface area contributed by atoms with Gasteiger partial charge in [0.1, 0.15) is 5.75 Å². The van der Waals surface area contributed by atoms with E-state index in [0.29, 0.717) is 6.54 Å². The summed E-state index contributed by atoms with van der Waals surface area (Å²) in [6, 6.07) is 7.46. The molecule has 0 saturated carbocycles. The zero-order valence-electron chi connectivity index (χ0n) is 12.2. The van der Waals surface area contributed by atoms with Gasteiger partial charge in [-0.25, -0.2) is 0 Å². The monoisotopic (exact) mass is 264 g/mol. The molecule has 19 heavy (non-hydrogen) atoms. The highest BCUT2D eigenvalue weighted by atomic mass is 16.5. The van der Waals surface area contributed by atoms with E-state index in [2.05, 4.69) is 10.6 Å². The van der Waals surface area contributed by atoms with Crippen LogP contribution in [0, 0.1) is 5.92 Å². The van der Waals surface area contributed by atoms with Crippen LogP contribution in [0.3, 0.4) is 0 Å². The number of hydrogen-bond donors (Lipinski definition) is 2. The van der Waals surface area contributed by atoms with Crippen molar-refractivity contribution in [3.05, 3.63) is 24.3 Å². The lowest BCUT2D eigenvalue weighted by molar-refractivity contribution is -0.119. The summed E-state index contributed by atoms with van der Waals surface area (Å²) < 4.78 is 5.56. The second-order valence-electron chi connectivity index (χ2n) is 4.84. The van der Waals surface area contributed by atoms with E-state index in [1.807, 2.05) is 52.1 Å². The molecule has 4 heteroatoms. The molecule has 0 aromatic heterocycles. The van der Waals surface area contributed by atoms with Crippen LogP contribution in [0.25, 0.3) is 0 Å². The Morgan fingerprint density at radius 2 is 1.89 bits per heavy atom. The van der Waals surface area contributed by atoms with Gasteiger partial charge in [-0.05, 0) is 51.6 Å². The molecule has 1 aromatic rings. The summed E-state index contributed by atoms with van der Waals surface area (Å²) >= 11 is 0. The number of benzene rings is 1. The van der Waals surface area contributed by atoms with Gasteiger partial charge in [0.25, 0.3) is 0 Å². The highest BCUT2D eigenvalue weighted by Gasteiger charge is 2.15. The van der Waals surface area contributed by atoms with Crippen LogP contribution in [0.4, 0.5) is 5.69 Å². The molecule has 0 fully saturated rings. The van der Waals surface area contributed by atoms with Gasteiger partial charge in [-0.2, -0.15) is 0 Å².